The van der Waals surface area contributed by atoms with Crippen molar-refractivity contribution in [3.63, 3.8) is 0 Å². The first kappa shape index (κ1) is 22.6. The van der Waals surface area contributed by atoms with Gasteiger partial charge in [0.25, 0.3) is 0 Å². The van der Waals surface area contributed by atoms with Crippen LogP contribution in [-0.4, -0.2) is 25.3 Å². The van der Waals surface area contributed by atoms with Crippen molar-refractivity contribution in [1.29, 1.82) is 0 Å². The van der Waals surface area contributed by atoms with E-state index in [1.807, 2.05) is 4.90 Å². The van der Waals surface area contributed by atoms with Gasteiger partial charge in [-0.25, -0.2) is 0 Å². The Morgan fingerprint density at radius 2 is 1.87 bits per heavy atom. The Balaban J connectivity index is 1.74. The Kier molecular flexibility index (Phi) is 7.09. The molecule has 0 radical (unpaired) electrons. The largest absolute Gasteiger partial charge is 0.379 e. The Labute approximate surface area is 184 Å². The molecule has 1 aliphatic carbocycles. The van der Waals surface area contributed by atoms with Gasteiger partial charge in [0.05, 0.1) is 5.02 Å². The van der Waals surface area contributed by atoms with Crippen LogP contribution < -0.4 is 4.18 Å². The summed E-state index contributed by atoms with van der Waals surface area (Å²) in [5, 5.41) is 0.130. The van der Waals surface area contributed by atoms with Crippen LogP contribution >= 0.6 is 11.6 Å². The second kappa shape index (κ2) is 9.40. The van der Waals surface area contributed by atoms with Gasteiger partial charge in [0, 0.05) is 18.5 Å². The van der Waals surface area contributed by atoms with Crippen LogP contribution in [0.5, 0.6) is 5.75 Å². The summed E-state index contributed by atoms with van der Waals surface area (Å²) in [6.07, 6.45) is 3.95. The van der Waals surface area contributed by atoms with Crippen LogP contribution in [0.25, 0.3) is 0 Å². The number of carbonyl (C=O) groups excluding carboxylic acids is 1. The van der Waals surface area contributed by atoms with Gasteiger partial charge >= 0.3 is 10.1 Å². The SMILES string of the molecule is CCC(C)N(Cc1ccc(OS(=O)(=O)c2c(C)cccc2Cl)cc1)C(=O)C1CCC1. The normalized spacial score (nSPS) is 15.3. The molecule has 1 fully saturated rings. The van der Waals surface area contributed by atoms with E-state index in [1.54, 1.807) is 43.3 Å². The molecule has 162 valence electrons. The van der Waals surface area contributed by atoms with Crippen molar-refractivity contribution in [3.05, 3.63) is 58.6 Å². The number of benzene rings is 2. The molecule has 2 aromatic rings. The van der Waals surface area contributed by atoms with E-state index in [0.717, 1.165) is 31.2 Å². The van der Waals surface area contributed by atoms with Crippen LogP contribution in [0.15, 0.2) is 47.4 Å². The maximum absolute atomic E-state index is 12.8. The third-order valence-electron chi connectivity index (χ3n) is 5.76. The van der Waals surface area contributed by atoms with E-state index in [1.165, 1.54) is 6.07 Å². The van der Waals surface area contributed by atoms with E-state index in [4.69, 9.17) is 15.8 Å². The van der Waals surface area contributed by atoms with E-state index in [-0.39, 0.29) is 33.5 Å². The highest BCUT2D eigenvalue weighted by Crippen LogP contribution is 2.31. The monoisotopic (exact) mass is 449 g/mol. The molecule has 7 heteroatoms. The first-order chi connectivity index (χ1) is 14.2. The smallest absolute Gasteiger partial charge is 0.340 e. The van der Waals surface area contributed by atoms with Gasteiger partial charge in [-0.1, -0.05) is 49.2 Å². The lowest BCUT2D eigenvalue weighted by Crippen LogP contribution is -2.43. The Morgan fingerprint density at radius 3 is 2.40 bits per heavy atom. The Morgan fingerprint density at radius 1 is 1.20 bits per heavy atom. The first-order valence-corrected chi connectivity index (χ1v) is 12.1. The molecule has 0 bridgehead atoms. The molecule has 5 nitrogen and oxygen atoms in total. The van der Waals surface area contributed by atoms with Crippen molar-refractivity contribution >= 4 is 27.6 Å². The van der Waals surface area contributed by atoms with Crippen molar-refractivity contribution in [3.8, 4) is 5.75 Å². The molecule has 1 saturated carbocycles. The molecule has 1 aliphatic rings. The molecule has 1 unspecified atom stereocenters. The molecule has 0 spiro atoms. The quantitative estimate of drug-likeness (QED) is 0.510. The van der Waals surface area contributed by atoms with E-state index >= 15 is 0 Å². The van der Waals surface area contributed by atoms with Gasteiger partial charge in [-0.05, 0) is 62.4 Å². The summed E-state index contributed by atoms with van der Waals surface area (Å²) in [4.78, 5) is 14.7. The fraction of sp³-hybridized carbons (Fsp3) is 0.435. The average molecular weight is 450 g/mol. The fourth-order valence-corrected chi connectivity index (χ4v) is 5.23. The molecular formula is C23H28ClNO4S. The second-order valence-electron chi connectivity index (χ2n) is 7.92. The summed E-state index contributed by atoms with van der Waals surface area (Å²) < 4.78 is 30.7. The van der Waals surface area contributed by atoms with Crippen LogP contribution in [0.4, 0.5) is 0 Å². The van der Waals surface area contributed by atoms with Crippen molar-refractivity contribution in [2.75, 3.05) is 0 Å². The van der Waals surface area contributed by atoms with Gasteiger partial charge in [-0.15, -0.1) is 0 Å². The molecular weight excluding hydrogens is 422 g/mol. The van der Waals surface area contributed by atoms with Gasteiger partial charge < -0.3 is 9.08 Å². The predicted octanol–water partition coefficient (Wildman–Crippen LogP) is 5.34. The number of aryl methyl sites for hydroxylation is 1. The van der Waals surface area contributed by atoms with E-state index < -0.39 is 10.1 Å². The molecule has 30 heavy (non-hydrogen) atoms. The van der Waals surface area contributed by atoms with E-state index in [2.05, 4.69) is 13.8 Å². The zero-order valence-electron chi connectivity index (χ0n) is 17.6. The first-order valence-electron chi connectivity index (χ1n) is 10.3. The zero-order chi connectivity index (χ0) is 21.9. The maximum atomic E-state index is 12.8. The third kappa shape index (κ3) is 4.98. The third-order valence-corrected chi connectivity index (χ3v) is 7.64. The molecule has 1 atom stereocenters. The summed E-state index contributed by atoms with van der Waals surface area (Å²) in [6, 6.07) is 11.9. The molecule has 1 amide bonds. The van der Waals surface area contributed by atoms with Gasteiger partial charge in [-0.3, -0.25) is 4.79 Å². The van der Waals surface area contributed by atoms with Crippen molar-refractivity contribution in [1.82, 2.24) is 4.90 Å². The molecule has 0 heterocycles. The van der Waals surface area contributed by atoms with E-state index in [0.29, 0.717) is 12.1 Å². The predicted molar refractivity (Wildman–Crippen MR) is 118 cm³/mol. The minimum Gasteiger partial charge on any atom is -0.379 e. The number of hydrogen-bond donors (Lipinski definition) is 0. The lowest BCUT2D eigenvalue weighted by Gasteiger charge is -2.35. The number of carbonyl (C=O) groups is 1. The number of amides is 1. The van der Waals surface area contributed by atoms with Gasteiger partial charge in [0.2, 0.25) is 5.91 Å². The fourth-order valence-electron chi connectivity index (χ4n) is 3.51. The highest BCUT2D eigenvalue weighted by Gasteiger charge is 2.31. The Bertz CT molecular complexity index is 980. The lowest BCUT2D eigenvalue weighted by atomic mass is 9.84. The van der Waals surface area contributed by atoms with Crippen molar-refractivity contribution in [2.24, 2.45) is 5.92 Å². The number of halogens is 1. The minimum atomic E-state index is -4.04. The Hall–Kier alpha value is -2.05. The molecule has 0 aliphatic heterocycles. The summed E-state index contributed by atoms with van der Waals surface area (Å²) in [6.45, 7) is 6.31. The van der Waals surface area contributed by atoms with Crippen LogP contribution in [0, 0.1) is 12.8 Å². The molecule has 3 rings (SSSR count). The number of hydrogen-bond acceptors (Lipinski definition) is 4. The van der Waals surface area contributed by atoms with Crippen LogP contribution in [0.1, 0.15) is 50.7 Å². The van der Waals surface area contributed by atoms with Crippen molar-refractivity contribution < 1.29 is 17.4 Å². The molecule has 2 aromatic carbocycles. The molecule has 0 N–H and O–H groups in total. The average Bonchev–Trinajstić information content (AvgIpc) is 2.64. The molecule has 0 saturated heterocycles. The van der Waals surface area contributed by atoms with Crippen molar-refractivity contribution in [2.45, 2.75) is 63.9 Å². The number of nitrogens with zero attached hydrogens (tertiary/aromatic N) is 1. The topological polar surface area (TPSA) is 63.7 Å². The number of rotatable bonds is 8. The van der Waals surface area contributed by atoms with Crippen LogP contribution in [0.3, 0.4) is 0 Å². The van der Waals surface area contributed by atoms with Gasteiger partial charge in [0.15, 0.2) is 0 Å². The lowest BCUT2D eigenvalue weighted by molar-refractivity contribution is -0.141. The van der Waals surface area contributed by atoms with Gasteiger partial charge in [0.1, 0.15) is 10.6 Å². The summed E-state index contributed by atoms with van der Waals surface area (Å²) in [5.74, 6) is 0.566. The van der Waals surface area contributed by atoms with E-state index in [9.17, 15) is 13.2 Å². The minimum absolute atomic E-state index is 0.0233. The maximum Gasteiger partial charge on any atom is 0.340 e. The second-order valence-corrected chi connectivity index (χ2v) is 9.81. The summed E-state index contributed by atoms with van der Waals surface area (Å²) in [5.41, 5.74) is 1.46. The highest BCUT2D eigenvalue weighted by atomic mass is 35.5. The standard InChI is InChI=1S/C23H28ClNO4S/c1-4-17(3)25(23(26)19-8-6-9-19)15-18-11-13-20(14-12-18)29-30(27,28)22-16(2)7-5-10-21(22)24/h5,7,10-14,17,19H,4,6,8-9,15H2,1-3H3. The zero-order valence-corrected chi connectivity index (χ0v) is 19.2. The van der Waals surface area contributed by atoms with Crippen LogP contribution in [0.2, 0.25) is 5.02 Å². The van der Waals surface area contributed by atoms with Crippen LogP contribution in [-0.2, 0) is 21.5 Å². The highest BCUT2D eigenvalue weighted by molar-refractivity contribution is 7.87. The summed E-state index contributed by atoms with van der Waals surface area (Å²) >= 11 is 6.08. The summed E-state index contributed by atoms with van der Waals surface area (Å²) in [7, 11) is -4.04. The molecule has 0 aromatic heterocycles. The van der Waals surface area contributed by atoms with Gasteiger partial charge in [-0.2, -0.15) is 8.42 Å².